The first kappa shape index (κ1) is 11.9. The number of benzene rings is 1. The molecule has 0 saturated carbocycles. The van der Waals surface area contributed by atoms with Gasteiger partial charge in [-0.05, 0) is 34.7 Å². The number of nitrogens with zero attached hydrogens (tertiary/aromatic N) is 2. The first-order valence-corrected chi connectivity index (χ1v) is 6.09. The number of hydrogen-bond donors (Lipinski definition) is 1. The lowest BCUT2D eigenvalue weighted by Crippen LogP contribution is -1.93. The van der Waals surface area contributed by atoms with Crippen LogP contribution >= 0.6 is 45.8 Å². The third-order valence-electron chi connectivity index (χ3n) is 1.87. The van der Waals surface area contributed by atoms with Crippen molar-refractivity contribution in [2.45, 2.75) is 0 Å². The van der Waals surface area contributed by atoms with Crippen molar-refractivity contribution < 1.29 is 5.11 Å². The maximum atomic E-state index is 9.34. The summed E-state index contributed by atoms with van der Waals surface area (Å²) in [5.74, 6) is 0.540. The summed E-state index contributed by atoms with van der Waals surface area (Å²) in [5, 5.41) is 9.95. The Morgan fingerprint density at radius 3 is 2.31 bits per heavy atom. The van der Waals surface area contributed by atoms with Gasteiger partial charge in [0.2, 0.25) is 0 Å². The Balaban J connectivity index is 2.57. The van der Waals surface area contributed by atoms with Crippen molar-refractivity contribution in [3.05, 3.63) is 38.1 Å². The molecule has 82 valence electrons. The zero-order valence-corrected chi connectivity index (χ0v) is 11.5. The second-order valence-corrected chi connectivity index (χ2v) is 4.79. The van der Waals surface area contributed by atoms with Crippen LogP contribution in [0.5, 0.6) is 5.75 Å². The summed E-state index contributed by atoms with van der Waals surface area (Å²) in [5.41, 5.74) is 0.667. The number of halogens is 3. The fourth-order valence-corrected chi connectivity index (χ4v) is 1.80. The Morgan fingerprint density at radius 1 is 1.12 bits per heavy atom. The molecule has 0 amide bonds. The standard InChI is InChI=1S/C10H5Cl2IN2O/c11-8-7(13)9(12)15-10(14-8)5-2-1-3-6(16)4-5/h1-4,16H. The van der Waals surface area contributed by atoms with Gasteiger partial charge in [0.25, 0.3) is 0 Å². The molecular formula is C10H5Cl2IN2O. The molecule has 2 rings (SSSR count). The normalized spacial score (nSPS) is 10.4. The Labute approximate surface area is 116 Å². The van der Waals surface area contributed by atoms with Crippen molar-refractivity contribution in [3.63, 3.8) is 0 Å². The van der Waals surface area contributed by atoms with E-state index < -0.39 is 0 Å². The smallest absolute Gasteiger partial charge is 0.162 e. The highest BCUT2D eigenvalue weighted by Crippen LogP contribution is 2.27. The molecule has 0 spiro atoms. The average molecular weight is 367 g/mol. The van der Waals surface area contributed by atoms with Crippen molar-refractivity contribution >= 4 is 45.8 Å². The summed E-state index contributed by atoms with van der Waals surface area (Å²) in [4.78, 5) is 8.19. The second kappa shape index (κ2) is 4.73. The van der Waals surface area contributed by atoms with Crippen LogP contribution in [0.1, 0.15) is 0 Å². The topological polar surface area (TPSA) is 46.0 Å². The van der Waals surface area contributed by atoms with Gasteiger partial charge in [-0.1, -0.05) is 35.3 Å². The van der Waals surface area contributed by atoms with Gasteiger partial charge in [0.05, 0.1) is 3.57 Å². The minimum Gasteiger partial charge on any atom is -0.508 e. The molecule has 16 heavy (non-hydrogen) atoms. The molecular weight excluding hydrogens is 362 g/mol. The average Bonchev–Trinajstić information content (AvgIpc) is 2.25. The molecule has 0 radical (unpaired) electrons. The molecule has 0 fully saturated rings. The molecule has 0 saturated heterocycles. The van der Waals surface area contributed by atoms with E-state index in [1.54, 1.807) is 24.3 Å². The van der Waals surface area contributed by atoms with Crippen LogP contribution in [0.3, 0.4) is 0 Å². The van der Waals surface area contributed by atoms with Crippen molar-refractivity contribution in [1.82, 2.24) is 9.97 Å². The Hall–Kier alpha value is -0.590. The highest BCUT2D eigenvalue weighted by Gasteiger charge is 2.10. The highest BCUT2D eigenvalue weighted by molar-refractivity contribution is 14.1. The molecule has 0 bridgehead atoms. The van der Waals surface area contributed by atoms with Crippen LogP contribution in [0, 0.1) is 3.57 Å². The third kappa shape index (κ3) is 2.39. The molecule has 1 aromatic carbocycles. The minimum absolute atomic E-state index is 0.145. The van der Waals surface area contributed by atoms with Crippen LogP contribution in [-0.4, -0.2) is 15.1 Å². The minimum atomic E-state index is 0.145. The molecule has 3 nitrogen and oxygen atoms in total. The van der Waals surface area contributed by atoms with Gasteiger partial charge in [-0.15, -0.1) is 0 Å². The summed E-state index contributed by atoms with van der Waals surface area (Å²) in [6.07, 6.45) is 0. The number of aromatic nitrogens is 2. The molecule has 0 aliphatic rings. The summed E-state index contributed by atoms with van der Waals surface area (Å²) in [7, 11) is 0. The zero-order valence-electron chi connectivity index (χ0n) is 7.78. The van der Waals surface area contributed by atoms with E-state index in [4.69, 9.17) is 23.2 Å². The number of phenols is 1. The van der Waals surface area contributed by atoms with Gasteiger partial charge in [-0.2, -0.15) is 0 Å². The van der Waals surface area contributed by atoms with E-state index >= 15 is 0 Å². The molecule has 1 heterocycles. The molecule has 2 aromatic rings. The van der Waals surface area contributed by atoms with Gasteiger partial charge >= 0.3 is 0 Å². The van der Waals surface area contributed by atoms with Crippen LogP contribution in [0.15, 0.2) is 24.3 Å². The maximum absolute atomic E-state index is 9.34. The van der Waals surface area contributed by atoms with Crippen LogP contribution < -0.4 is 0 Å². The van der Waals surface area contributed by atoms with Crippen molar-refractivity contribution in [2.24, 2.45) is 0 Å². The van der Waals surface area contributed by atoms with Gasteiger partial charge in [-0.25, -0.2) is 9.97 Å². The summed E-state index contributed by atoms with van der Waals surface area (Å²) in [6, 6.07) is 6.59. The van der Waals surface area contributed by atoms with Gasteiger partial charge in [0, 0.05) is 5.56 Å². The maximum Gasteiger partial charge on any atom is 0.162 e. The van der Waals surface area contributed by atoms with Crippen molar-refractivity contribution in [3.8, 4) is 17.1 Å². The van der Waals surface area contributed by atoms with Gasteiger partial charge in [0.1, 0.15) is 16.1 Å². The van der Waals surface area contributed by atoms with E-state index in [0.29, 0.717) is 25.3 Å². The van der Waals surface area contributed by atoms with Crippen molar-refractivity contribution in [1.29, 1.82) is 0 Å². The zero-order chi connectivity index (χ0) is 11.7. The Morgan fingerprint density at radius 2 is 1.75 bits per heavy atom. The lowest BCUT2D eigenvalue weighted by molar-refractivity contribution is 0.475. The molecule has 1 N–H and O–H groups in total. The SMILES string of the molecule is Oc1cccc(-c2nc(Cl)c(I)c(Cl)n2)c1. The van der Waals surface area contributed by atoms with Crippen molar-refractivity contribution in [2.75, 3.05) is 0 Å². The predicted octanol–water partition coefficient (Wildman–Crippen LogP) is 3.76. The molecule has 0 atom stereocenters. The van der Waals surface area contributed by atoms with E-state index in [1.165, 1.54) is 0 Å². The third-order valence-corrected chi connectivity index (χ3v) is 4.08. The molecule has 0 unspecified atom stereocenters. The number of rotatable bonds is 1. The second-order valence-electron chi connectivity index (χ2n) is 2.99. The lowest BCUT2D eigenvalue weighted by atomic mass is 10.2. The fourth-order valence-electron chi connectivity index (χ4n) is 1.17. The Bertz CT molecular complexity index is 525. The molecule has 0 aliphatic heterocycles. The largest absolute Gasteiger partial charge is 0.508 e. The van der Waals surface area contributed by atoms with Gasteiger partial charge in [-0.3, -0.25) is 0 Å². The first-order valence-electron chi connectivity index (χ1n) is 4.26. The summed E-state index contributed by atoms with van der Waals surface area (Å²) >= 11 is 13.8. The van der Waals surface area contributed by atoms with Gasteiger partial charge in [0.15, 0.2) is 5.82 Å². The molecule has 6 heteroatoms. The summed E-state index contributed by atoms with van der Waals surface area (Å²) < 4.78 is 0.616. The van der Waals surface area contributed by atoms with E-state index in [0.717, 1.165) is 0 Å². The summed E-state index contributed by atoms with van der Waals surface area (Å²) in [6.45, 7) is 0. The number of phenolic OH excluding ortho intramolecular Hbond substituents is 1. The lowest BCUT2D eigenvalue weighted by Gasteiger charge is -2.04. The quantitative estimate of drug-likeness (QED) is 0.617. The first-order chi connectivity index (χ1) is 7.58. The van der Waals surface area contributed by atoms with Gasteiger partial charge < -0.3 is 5.11 Å². The van der Waals surface area contributed by atoms with Crippen LogP contribution in [-0.2, 0) is 0 Å². The highest BCUT2D eigenvalue weighted by atomic mass is 127. The Kier molecular flexibility index (Phi) is 3.51. The molecule has 0 aliphatic carbocycles. The van der Waals surface area contributed by atoms with E-state index in [9.17, 15) is 5.11 Å². The van der Waals surface area contributed by atoms with E-state index in [-0.39, 0.29) is 5.75 Å². The van der Waals surface area contributed by atoms with E-state index in [1.807, 2.05) is 22.6 Å². The molecule has 1 aromatic heterocycles. The number of aromatic hydroxyl groups is 1. The number of hydrogen-bond acceptors (Lipinski definition) is 3. The van der Waals surface area contributed by atoms with Crippen LogP contribution in [0.2, 0.25) is 10.3 Å². The monoisotopic (exact) mass is 366 g/mol. The van der Waals surface area contributed by atoms with E-state index in [2.05, 4.69) is 9.97 Å². The fraction of sp³-hybridized carbons (Fsp3) is 0. The van der Waals surface area contributed by atoms with Crippen LogP contribution in [0.4, 0.5) is 0 Å². The predicted molar refractivity (Wildman–Crippen MR) is 71.9 cm³/mol. The van der Waals surface area contributed by atoms with Crippen LogP contribution in [0.25, 0.3) is 11.4 Å².